The van der Waals surface area contributed by atoms with E-state index in [2.05, 4.69) is 9.72 Å². The lowest BCUT2D eigenvalue weighted by atomic mass is 10.1. The first-order valence-electron chi connectivity index (χ1n) is 5.31. The van der Waals surface area contributed by atoms with Crippen LogP contribution in [0.3, 0.4) is 0 Å². The molecule has 0 radical (unpaired) electrons. The summed E-state index contributed by atoms with van der Waals surface area (Å²) in [7, 11) is 1.50. The van der Waals surface area contributed by atoms with Gasteiger partial charge in [-0.25, -0.2) is 0 Å². The number of methoxy groups -OCH3 is 1. The largest absolute Gasteiger partial charge is 0.495 e. The molecule has 0 aliphatic rings. The van der Waals surface area contributed by atoms with Crippen LogP contribution in [0.15, 0.2) is 18.5 Å². The molecule has 1 unspecified atom stereocenters. The van der Waals surface area contributed by atoms with Crippen molar-refractivity contribution in [2.75, 3.05) is 20.3 Å². The Kier molecular flexibility index (Phi) is 5.36. The van der Waals surface area contributed by atoms with Crippen molar-refractivity contribution < 1.29 is 22.6 Å². The number of nitrogens with two attached hydrogens (primary N) is 1. The van der Waals surface area contributed by atoms with Crippen molar-refractivity contribution in [1.82, 2.24) is 4.98 Å². The van der Waals surface area contributed by atoms with Gasteiger partial charge in [-0.1, -0.05) is 0 Å². The smallest absolute Gasteiger partial charge is 0.411 e. The zero-order chi connectivity index (χ0) is 13.6. The molecule has 1 rings (SSSR count). The number of nitrogens with zero attached hydrogens (tertiary/aromatic N) is 1. The summed E-state index contributed by atoms with van der Waals surface area (Å²) >= 11 is 0. The molecule has 102 valence electrons. The molecule has 0 saturated carbocycles. The van der Waals surface area contributed by atoms with Crippen LogP contribution in [0.1, 0.15) is 18.0 Å². The SMILES string of the molecule is COc1cncc(C(N)CCOCC(F)(F)F)c1. The molecule has 0 aromatic carbocycles. The second-order valence-corrected chi connectivity index (χ2v) is 3.72. The Hall–Kier alpha value is -1.34. The van der Waals surface area contributed by atoms with Crippen LogP contribution in [-0.4, -0.2) is 31.5 Å². The Bertz CT molecular complexity index is 372. The van der Waals surface area contributed by atoms with E-state index in [1.54, 1.807) is 12.3 Å². The zero-order valence-electron chi connectivity index (χ0n) is 9.91. The molecule has 0 spiro atoms. The lowest BCUT2D eigenvalue weighted by molar-refractivity contribution is -0.174. The van der Waals surface area contributed by atoms with Gasteiger partial charge in [0.15, 0.2) is 0 Å². The van der Waals surface area contributed by atoms with Crippen LogP contribution in [0.4, 0.5) is 13.2 Å². The predicted molar refractivity (Wildman–Crippen MR) is 59.2 cm³/mol. The third-order valence-corrected chi connectivity index (χ3v) is 2.24. The van der Waals surface area contributed by atoms with Gasteiger partial charge in [-0.05, 0) is 18.1 Å². The Balaban J connectivity index is 2.38. The third-order valence-electron chi connectivity index (χ3n) is 2.24. The second kappa shape index (κ2) is 6.55. The number of aromatic nitrogens is 1. The fraction of sp³-hybridized carbons (Fsp3) is 0.545. The fourth-order valence-corrected chi connectivity index (χ4v) is 1.31. The van der Waals surface area contributed by atoms with Gasteiger partial charge in [-0.2, -0.15) is 13.2 Å². The van der Waals surface area contributed by atoms with E-state index in [1.165, 1.54) is 13.3 Å². The highest BCUT2D eigenvalue weighted by Gasteiger charge is 2.27. The molecule has 0 bridgehead atoms. The van der Waals surface area contributed by atoms with Crippen LogP contribution >= 0.6 is 0 Å². The highest BCUT2D eigenvalue weighted by Crippen LogP contribution is 2.19. The summed E-state index contributed by atoms with van der Waals surface area (Å²) in [5.41, 5.74) is 6.51. The van der Waals surface area contributed by atoms with E-state index in [-0.39, 0.29) is 13.0 Å². The minimum absolute atomic E-state index is 0.0577. The summed E-state index contributed by atoms with van der Waals surface area (Å²) in [5, 5.41) is 0. The zero-order valence-corrected chi connectivity index (χ0v) is 9.91. The van der Waals surface area contributed by atoms with Gasteiger partial charge in [0.05, 0.1) is 13.3 Å². The van der Waals surface area contributed by atoms with Gasteiger partial charge >= 0.3 is 6.18 Å². The van der Waals surface area contributed by atoms with Crippen LogP contribution < -0.4 is 10.5 Å². The molecule has 2 N–H and O–H groups in total. The molecule has 1 atom stereocenters. The first-order chi connectivity index (χ1) is 8.42. The van der Waals surface area contributed by atoms with E-state index < -0.39 is 18.8 Å². The maximum Gasteiger partial charge on any atom is 0.411 e. The molecule has 18 heavy (non-hydrogen) atoms. The maximum atomic E-state index is 11.8. The van der Waals surface area contributed by atoms with Crippen LogP contribution in [0.25, 0.3) is 0 Å². The lowest BCUT2D eigenvalue weighted by Gasteiger charge is -2.13. The number of halogens is 3. The monoisotopic (exact) mass is 264 g/mol. The van der Waals surface area contributed by atoms with Gasteiger partial charge in [0.25, 0.3) is 0 Å². The van der Waals surface area contributed by atoms with Gasteiger partial charge < -0.3 is 15.2 Å². The molecule has 1 aromatic rings. The number of hydrogen-bond donors (Lipinski definition) is 1. The molecule has 0 aliphatic carbocycles. The average molecular weight is 264 g/mol. The highest BCUT2D eigenvalue weighted by molar-refractivity contribution is 5.25. The van der Waals surface area contributed by atoms with Crippen molar-refractivity contribution in [2.24, 2.45) is 5.73 Å². The Labute approximate surface area is 103 Å². The standard InChI is InChI=1S/C11H15F3N2O2/c1-17-9-4-8(5-16-6-9)10(15)2-3-18-7-11(12,13)14/h4-6,10H,2-3,7,15H2,1H3. The number of hydrogen-bond acceptors (Lipinski definition) is 4. The number of alkyl halides is 3. The molecule has 0 amide bonds. The second-order valence-electron chi connectivity index (χ2n) is 3.72. The predicted octanol–water partition coefficient (Wildman–Crippen LogP) is 2.06. The molecule has 4 nitrogen and oxygen atoms in total. The van der Waals surface area contributed by atoms with E-state index in [0.29, 0.717) is 11.3 Å². The van der Waals surface area contributed by atoms with E-state index in [4.69, 9.17) is 10.5 Å². The number of ether oxygens (including phenoxy) is 2. The van der Waals surface area contributed by atoms with Crippen molar-refractivity contribution in [1.29, 1.82) is 0 Å². The summed E-state index contributed by atoms with van der Waals surface area (Å²) in [4.78, 5) is 3.92. The van der Waals surface area contributed by atoms with Crippen LogP contribution in [0.2, 0.25) is 0 Å². The van der Waals surface area contributed by atoms with Crippen LogP contribution in [0.5, 0.6) is 5.75 Å². The van der Waals surface area contributed by atoms with Gasteiger partial charge in [0, 0.05) is 18.8 Å². The quantitative estimate of drug-likeness (QED) is 0.799. The summed E-state index contributed by atoms with van der Waals surface area (Å²) in [6.45, 7) is -1.31. The minimum Gasteiger partial charge on any atom is -0.495 e. The van der Waals surface area contributed by atoms with Crippen molar-refractivity contribution in [3.05, 3.63) is 24.0 Å². The summed E-state index contributed by atoms with van der Waals surface area (Å²) in [6, 6.07) is 1.27. The Morgan fingerprint density at radius 1 is 1.39 bits per heavy atom. The number of pyridine rings is 1. The van der Waals surface area contributed by atoms with Gasteiger partial charge in [-0.15, -0.1) is 0 Å². The molecular weight excluding hydrogens is 249 g/mol. The Morgan fingerprint density at radius 3 is 2.72 bits per heavy atom. The third kappa shape index (κ3) is 5.33. The molecule has 7 heteroatoms. The summed E-state index contributed by atoms with van der Waals surface area (Å²) in [5.74, 6) is 0.555. The maximum absolute atomic E-state index is 11.8. The number of rotatable bonds is 6. The van der Waals surface area contributed by atoms with Gasteiger partial charge in [0.1, 0.15) is 12.4 Å². The minimum atomic E-state index is -4.30. The first kappa shape index (κ1) is 14.7. The fourth-order valence-electron chi connectivity index (χ4n) is 1.31. The topological polar surface area (TPSA) is 57.4 Å². The van der Waals surface area contributed by atoms with E-state index in [0.717, 1.165) is 0 Å². The normalized spacial score (nSPS) is 13.4. The van der Waals surface area contributed by atoms with E-state index >= 15 is 0 Å². The first-order valence-corrected chi connectivity index (χ1v) is 5.31. The molecular formula is C11H15F3N2O2. The highest BCUT2D eigenvalue weighted by atomic mass is 19.4. The summed E-state index contributed by atoms with van der Waals surface area (Å²) < 4.78 is 44.9. The van der Waals surface area contributed by atoms with Crippen molar-refractivity contribution >= 4 is 0 Å². The van der Waals surface area contributed by atoms with Crippen molar-refractivity contribution in [3.8, 4) is 5.75 Å². The molecule has 0 fully saturated rings. The molecule has 1 heterocycles. The summed E-state index contributed by atoms with van der Waals surface area (Å²) in [6.07, 6.45) is -0.945. The molecule has 0 aliphatic heterocycles. The average Bonchev–Trinajstić information content (AvgIpc) is 2.33. The Morgan fingerprint density at radius 2 is 2.11 bits per heavy atom. The molecule has 1 aromatic heterocycles. The van der Waals surface area contributed by atoms with Crippen molar-refractivity contribution in [2.45, 2.75) is 18.6 Å². The molecule has 0 saturated heterocycles. The van der Waals surface area contributed by atoms with E-state index in [1.807, 2.05) is 0 Å². The van der Waals surface area contributed by atoms with Gasteiger partial charge in [0.2, 0.25) is 0 Å². The van der Waals surface area contributed by atoms with Gasteiger partial charge in [-0.3, -0.25) is 4.98 Å². The van der Waals surface area contributed by atoms with Crippen LogP contribution in [0, 0.1) is 0 Å². The lowest BCUT2D eigenvalue weighted by Crippen LogP contribution is -2.19. The van der Waals surface area contributed by atoms with Crippen LogP contribution in [-0.2, 0) is 4.74 Å². The van der Waals surface area contributed by atoms with Crippen molar-refractivity contribution in [3.63, 3.8) is 0 Å². The van der Waals surface area contributed by atoms with E-state index in [9.17, 15) is 13.2 Å².